The second-order valence-corrected chi connectivity index (χ2v) is 34.0. The summed E-state index contributed by atoms with van der Waals surface area (Å²) in [7, 11) is -1.77. The maximum Gasteiger partial charge on any atom is 0.327 e. The van der Waals surface area contributed by atoms with Gasteiger partial charge in [-0.3, -0.25) is 42.9 Å². The summed E-state index contributed by atoms with van der Waals surface area (Å²) in [6.07, 6.45) is 1.92. The minimum absolute atomic E-state index is 0.0248. The van der Waals surface area contributed by atoms with Crippen LogP contribution in [-0.4, -0.2) is 329 Å². The molecule has 4 rings (SSSR count). The summed E-state index contributed by atoms with van der Waals surface area (Å²) in [5.41, 5.74) is -1.39. The van der Waals surface area contributed by atoms with Crippen LogP contribution in [0.1, 0.15) is 207 Å². The van der Waals surface area contributed by atoms with Gasteiger partial charge in [0.25, 0.3) is 0 Å². The summed E-state index contributed by atoms with van der Waals surface area (Å²) >= 11 is 0. The molecule has 38 heteroatoms. The van der Waals surface area contributed by atoms with Crippen molar-refractivity contribution in [1.29, 1.82) is 0 Å². The second kappa shape index (κ2) is 60.7. The number of amides is 8. The fourth-order valence-corrected chi connectivity index (χ4v) is 14.6. The molecule has 686 valence electrons. The van der Waals surface area contributed by atoms with Crippen molar-refractivity contribution >= 4 is 54.9 Å². The predicted octanol–water partition coefficient (Wildman–Crippen LogP) is 1.12. The first-order valence-corrected chi connectivity index (χ1v) is 45.0. The molecule has 18 atom stereocenters. The molecule has 0 saturated carbocycles. The van der Waals surface area contributed by atoms with Gasteiger partial charge in [-0.25, -0.2) is 0 Å². The van der Waals surface area contributed by atoms with Crippen LogP contribution in [0.3, 0.4) is 0 Å². The molecule has 8 amide bonds. The molecule has 4 aliphatic rings. The molecule has 0 aromatic heterocycles. The van der Waals surface area contributed by atoms with Crippen LogP contribution in [-0.2, 0) is 94.6 Å². The number of carbonyl (C=O) groups is 8. The van der Waals surface area contributed by atoms with Crippen molar-refractivity contribution in [3.05, 3.63) is 0 Å². The molecule has 17 unspecified atom stereocenters. The largest absolute Gasteiger partial charge is 0.394 e. The number of hydrogen-bond donors (Lipinski definition) is 16. The summed E-state index contributed by atoms with van der Waals surface area (Å²) in [5, 5.41) is 110. The number of aliphatic hydroxyl groups excluding tert-OH is 9. The number of aliphatic hydroxyl groups is 9. The monoisotopic (exact) mass is 1720 g/mol. The third-order valence-corrected chi connectivity index (χ3v) is 23.0. The number of nitrogens with zero attached hydrogens (tertiary/aromatic N) is 1. The average Bonchev–Trinajstić information content (AvgIpc) is 0.557. The zero-order valence-electron chi connectivity index (χ0n) is 70.8. The minimum Gasteiger partial charge on any atom is -0.394 e. The van der Waals surface area contributed by atoms with Crippen LogP contribution in [0, 0.1) is 23.7 Å². The smallest absolute Gasteiger partial charge is 0.327 e. The standard InChI is InChI=1S/C80H147N8O29P/c1-55-29-40-88(59(48-55)30-47-114-118(6,106)107-5)70(99)28-14-12-10-8-7-9-11-13-27-69(98)87-80(52-108-44-31-66(95)84-37-21-34-81-63(92)24-15-18-41-111-77-56(2)71(100)74(103)60(49-89)115-77,53-109-45-32-67(96)85-38-22-35-82-64(93)25-16-19-42-112-78-57(3)72(101)75(104)61(50-90)116-78)54-110-46-33-68(97)86-39-23-36-83-65(94)26-17-20-43-113-79-58(4)73(102)76(105)62(51-91)117-79/h55-62,71-79,89-91,100-105H,7-54H2,1-6H3,(H,81,92)(H,82,93)(H,83,94)(H,84,95)(H,85,96)(H,86,97)(H,87,98)/t55?,56?,57?,58?,59-,60?,61?,62?,71?,72?,73?,74?,75?,76?,77?,78?,79?,80?,118?/m1/s1. The van der Waals surface area contributed by atoms with Gasteiger partial charge in [0.15, 0.2) is 18.9 Å². The van der Waals surface area contributed by atoms with Gasteiger partial charge in [0.1, 0.15) is 42.2 Å². The third-order valence-electron chi connectivity index (χ3n) is 21.7. The molecule has 4 saturated heterocycles. The lowest BCUT2D eigenvalue weighted by Gasteiger charge is -2.40. The zero-order valence-corrected chi connectivity index (χ0v) is 71.7. The maximum absolute atomic E-state index is 14.1. The number of nitrogens with one attached hydrogen (secondary N) is 7. The first kappa shape index (κ1) is 106. The fraction of sp³-hybridized carbons (Fsp3) is 0.900. The Kier molecular flexibility index (Phi) is 54.3. The molecule has 4 aliphatic heterocycles. The van der Waals surface area contributed by atoms with Gasteiger partial charge < -0.3 is 140 Å². The van der Waals surface area contributed by atoms with E-state index in [-0.39, 0.29) is 184 Å². The van der Waals surface area contributed by atoms with Gasteiger partial charge in [0, 0.05) is 155 Å². The van der Waals surface area contributed by atoms with Crippen LogP contribution in [0.4, 0.5) is 0 Å². The molecule has 16 N–H and O–H groups in total. The number of hydrogen-bond acceptors (Lipinski definition) is 29. The van der Waals surface area contributed by atoms with Crippen molar-refractivity contribution in [2.24, 2.45) is 23.7 Å². The fourth-order valence-electron chi connectivity index (χ4n) is 14.1. The first-order chi connectivity index (χ1) is 56.6. The highest BCUT2D eigenvalue weighted by molar-refractivity contribution is 7.52. The van der Waals surface area contributed by atoms with Crippen molar-refractivity contribution in [2.45, 2.75) is 293 Å². The van der Waals surface area contributed by atoms with E-state index in [2.05, 4.69) is 44.1 Å². The Morgan fingerprint density at radius 1 is 0.407 bits per heavy atom. The summed E-state index contributed by atoms with van der Waals surface area (Å²) in [5.74, 6) is -2.92. The highest BCUT2D eigenvalue weighted by atomic mass is 31.2. The molecule has 0 aromatic rings. The number of piperidine rings is 1. The second-order valence-electron chi connectivity index (χ2n) is 31.9. The van der Waals surface area contributed by atoms with E-state index in [1.807, 2.05) is 4.90 Å². The molecular formula is C80H147N8O29P. The van der Waals surface area contributed by atoms with Crippen LogP contribution in [0.25, 0.3) is 0 Å². The van der Waals surface area contributed by atoms with E-state index in [9.17, 15) is 88.9 Å². The lowest BCUT2D eigenvalue weighted by molar-refractivity contribution is -0.282. The Hall–Kier alpha value is -4.81. The van der Waals surface area contributed by atoms with Crippen molar-refractivity contribution in [2.75, 3.05) is 145 Å². The molecule has 0 spiro atoms. The van der Waals surface area contributed by atoms with Gasteiger partial charge in [0.2, 0.25) is 47.3 Å². The third kappa shape index (κ3) is 42.5. The number of likely N-dealkylation sites (tertiary alicyclic amines) is 1. The summed E-state index contributed by atoms with van der Waals surface area (Å²) in [6.45, 7) is 9.52. The average molecular weight is 1720 g/mol. The topological polar surface area (TPSA) is 525 Å². The minimum atomic E-state index is -3.12. The summed E-state index contributed by atoms with van der Waals surface area (Å²) < 4.78 is 75.2. The number of carbonyl (C=O) groups excluding carboxylic acids is 8. The lowest BCUT2D eigenvalue weighted by Crippen LogP contribution is -2.58. The summed E-state index contributed by atoms with van der Waals surface area (Å²) in [4.78, 5) is 107. The summed E-state index contributed by atoms with van der Waals surface area (Å²) in [6, 6.07) is 0.0248. The van der Waals surface area contributed by atoms with Crippen LogP contribution in [0.15, 0.2) is 0 Å². The van der Waals surface area contributed by atoms with Gasteiger partial charge in [-0.15, -0.1) is 0 Å². The molecule has 0 bridgehead atoms. The molecular weight excluding hydrogens is 1570 g/mol. The molecule has 4 heterocycles. The number of rotatable bonds is 65. The molecule has 118 heavy (non-hydrogen) atoms. The molecule has 37 nitrogen and oxygen atoms in total. The molecule has 4 fully saturated rings. The van der Waals surface area contributed by atoms with Gasteiger partial charge in [0.05, 0.1) is 84.4 Å². The van der Waals surface area contributed by atoms with E-state index in [0.717, 1.165) is 57.8 Å². The van der Waals surface area contributed by atoms with Crippen molar-refractivity contribution < 1.29 is 141 Å². The highest BCUT2D eigenvalue weighted by Gasteiger charge is 2.45. The number of ether oxygens (including phenoxy) is 9. The molecule has 0 aromatic carbocycles. The molecule has 0 aliphatic carbocycles. The van der Waals surface area contributed by atoms with Crippen LogP contribution < -0.4 is 37.2 Å². The Balaban J connectivity index is 1.29. The maximum atomic E-state index is 14.1. The van der Waals surface area contributed by atoms with Crippen LogP contribution in [0.2, 0.25) is 0 Å². The normalized spacial score (nSPS) is 26.3. The van der Waals surface area contributed by atoms with Gasteiger partial charge >= 0.3 is 7.60 Å². The zero-order chi connectivity index (χ0) is 86.7. The van der Waals surface area contributed by atoms with Crippen LogP contribution >= 0.6 is 7.60 Å². The quantitative estimate of drug-likeness (QED) is 0.0300. The Labute approximate surface area is 696 Å². The molecule has 0 radical (unpaired) electrons. The van der Waals surface area contributed by atoms with E-state index in [1.165, 1.54) is 13.8 Å². The van der Waals surface area contributed by atoms with E-state index >= 15 is 0 Å². The first-order valence-electron chi connectivity index (χ1n) is 43.0. The highest BCUT2D eigenvalue weighted by Crippen LogP contribution is 2.43. The Bertz CT molecular complexity index is 2650. The van der Waals surface area contributed by atoms with E-state index < -0.39 is 125 Å². The van der Waals surface area contributed by atoms with E-state index in [0.29, 0.717) is 109 Å². The van der Waals surface area contributed by atoms with Crippen LogP contribution in [0.5, 0.6) is 0 Å². The van der Waals surface area contributed by atoms with Gasteiger partial charge in [-0.2, -0.15) is 0 Å². The van der Waals surface area contributed by atoms with Gasteiger partial charge in [-0.1, -0.05) is 66.2 Å². The van der Waals surface area contributed by atoms with E-state index in [4.69, 9.17) is 51.7 Å². The van der Waals surface area contributed by atoms with Crippen molar-refractivity contribution in [3.63, 3.8) is 0 Å². The SMILES string of the molecule is COP(C)(=O)OCC[C@@H]1CC(C)CCN1C(=O)CCCCCCCCCCC(=O)NC(COCCC(=O)NCCCNC(=O)CCCCOC1OC(CO)C(O)C(O)C1C)(COCCC(=O)NCCCNC(=O)CCCCOC1OC(CO)C(O)C(O)C1C)COCCC(=O)NCCCNC(=O)CCCCOC1OC(CO)C(O)C(O)C1C. The Morgan fingerprint density at radius 3 is 1.06 bits per heavy atom. The van der Waals surface area contributed by atoms with Crippen molar-refractivity contribution in [1.82, 2.24) is 42.1 Å². The van der Waals surface area contributed by atoms with Gasteiger partial charge in [-0.05, 0) is 95.8 Å². The lowest BCUT2D eigenvalue weighted by atomic mass is 9.90. The Morgan fingerprint density at radius 2 is 0.720 bits per heavy atom. The number of unbranched alkanes of at least 4 members (excludes halogenated alkanes) is 10. The van der Waals surface area contributed by atoms with E-state index in [1.54, 1.807) is 20.8 Å². The van der Waals surface area contributed by atoms with Crippen molar-refractivity contribution in [3.8, 4) is 0 Å². The predicted molar refractivity (Wildman–Crippen MR) is 430 cm³/mol.